The first-order chi connectivity index (χ1) is 8.62. The molecule has 4 heteroatoms. The van der Waals surface area contributed by atoms with Gasteiger partial charge in [-0.2, -0.15) is 0 Å². The van der Waals surface area contributed by atoms with E-state index in [1.165, 1.54) is 0 Å². The molecule has 2 N–H and O–H groups in total. The second-order valence-corrected chi connectivity index (χ2v) is 4.77. The van der Waals surface area contributed by atoms with Gasteiger partial charge in [-0.3, -0.25) is 0 Å². The lowest BCUT2D eigenvalue weighted by atomic mass is 10.0. The average molecular weight is 272 g/mol. The van der Waals surface area contributed by atoms with E-state index in [2.05, 4.69) is 6.92 Å². The second kappa shape index (κ2) is 7.49. The minimum atomic E-state index is 0.283. The first kappa shape index (κ1) is 15.1. The molecule has 1 unspecified atom stereocenters. The highest BCUT2D eigenvalue weighted by molar-refractivity contribution is 6.32. The van der Waals surface area contributed by atoms with Gasteiger partial charge < -0.3 is 15.2 Å². The molecule has 0 saturated carbocycles. The van der Waals surface area contributed by atoms with E-state index in [0.717, 1.165) is 37.0 Å². The predicted octanol–water partition coefficient (Wildman–Crippen LogP) is 3.42. The van der Waals surface area contributed by atoms with Gasteiger partial charge in [0.25, 0.3) is 0 Å². The van der Waals surface area contributed by atoms with Crippen molar-refractivity contribution in [1.29, 1.82) is 0 Å². The molecular formula is C14H22ClNO2. The largest absolute Gasteiger partial charge is 0.496 e. The lowest BCUT2D eigenvalue weighted by Gasteiger charge is -2.13. The van der Waals surface area contributed by atoms with E-state index in [4.69, 9.17) is 26.8 Å². The van der Waals surface area contributed by atoms with Crippen LogP contribution in [0.25, 0.3) is 0 Å². The summed E-state index contributed by atoms with van der Waals surface area (Å²) in [6, 6.07) is 4.03. The Morgan fingerprint density at radius 1 is 1.22 bits per heavy atom. The molecule has 1 aromatic carbocycles. The third-order valence-electron chi connectivity index (χ3n) is 3.10. The van der Waals surface area contributed by atoms with Crippen LogP contribution in [-0.2, 0) is 6.42 Å². The lowest BCUT2D eigenvalue weighted by molar-refractivity contribution is 0.398. The Bertz CT molecular complexity index is 382. The number of benzene rings is 1. The van der Waals surface area contributed by atoms with E-state index < -0.39 is 0 Å². The fraction of sp³-hybridized carbons (Fsp3) is 0.571. The minimum absolute atomic E-state index is 0.283. The van der Waals surface area contributed by atoms with Crippen molar-refractivity contribution in [3.63, 3.8) is 0 Å². The topological polar surface area (TPSA) is 44.5 Å². The molecule has 0 radical (unpaired) electrons. The van der Waals surface area contributed by atoms with E-state index in [9.17, 15) is 0 Å². The Kier molecular flexibility index (Phi) is 6.30. The number of aryl methyl sites for hydroxylation is 1. The lowest BCUT2D eigenvalue weighted by Crippen LogP contribution is -2.18. The molecule has 0 saturated heterocycles. The number of ether oxygens (including phenoxy) is 2. The highest BCUT2D eigenvalue weighted by Crippen LogP contribution is 2.33. The molecule has 3 nitrogen and oxygen atoms in total. The van der Waals surface area contributed by atoms with Crippen molar-refractivity contribution in [3.05, 3.63) is 22.7 Å². The van der Waals surface area contributed by atoms with Crippen molar-refractivity contribution in [2.45, 2.75) is 38.6 Å². The summed E-state index contributed by atoms with van der Waals surface area (Å²) in [4.78, 5) is 0. The van der Waals surface area contributed by atoms with Crippen LogP contribution in [0, 0.1) is 0 Å². The van der Waals surface area contributed by atoms with Crippen LogP contribution in [0.2, 0.25) is 5.02 Å². The van der Waals surface area contributed by atoms with Gasteiger partial charge in [0.2, 0.25) is 0 Å². The summed E-state index contributed by atoms with van der Waals surface area (Å²) in [7, 11) is 3.27. The van der Waals surface area contributed by atoms with Crippen LogP contribution in [-0.4, -0.2) is 20.3 Å². The zero-order valence-corrected chi connectivity index (χ0v) is 12.1. The first-order valence-electron chi connectivity index (χ1n) is 6.28. The predicted molar refractivity (Wildman–Crippen MR) is 75.8 cm³/mol. The molecule has 102 valence electrons. The summed E-state index contributed by atoms with van der Waals surface area (Å²) in [5, 5.41) is 0.573. The van der Waals surface area contributed by atoms with E-state index in [1.807, 2.05) is 6.07 Å². The van der Waals surface area contributed by atoms with Crippen LogP contribution < -0.4 is 15.2 Å². The van der Waals surface area contributed by atoms with Crippen molar-refractivity contribution < 1.29 is 9.47 Å². The summed E-state index contributed by atoms with van der Waals surface area (Å²) in [5.41, 5.74) is 7.02. The molecule has 0 spiro atoms. The van der Waals surface area contributed by atoms with Gasteiger partial charge in [0.05, 0.1) is 19.2 Å². The van der Waals surface area contributed by atoms with Gasteiger partial charge >= 0.3 is 0 Å². The van der Waals surface area contributed by atoms with Gasteiger partial charge in [0.15, 0.2) is 0 Å². The number of methoxy groups -OCH3 is 2. The number of halogens is 1. The van der Waals surface area contributed by atoms with Crippen LogP contribution in [0.4, 0.5) is 0 Å². The molecule has 1 aromatic rings. The molecule has 1 rings (SSSR count). The molecule has 0 heterocycles. The molecule has 0 aromatic heterocycles. The molecular weight excluding hydrogens is 250 g/mol. The normalized spacial score (nSPS) is 12.3. The summed E-state index contributed by atoms with van der Waals surface area (Å²) in [6.07, 6.45) is 3.99. The van der Waals surface area contributed by atoms with Gasteiger partial charge in [-0.05, 0) is 37.3 Å². The molecule has 0 aliphatic rings. The molecule has 18 heavy (non-hydrogen) atoms. The van der Waals surface area contributed by atoms with Crippen molar-refractivity contribution in [1.82, 2.24) is 0 Å². The zero-order chi connectivity index (χ0) is 13.5. The fourth-order valence-corrected chi connectivity index (χ4v) is 2.11. The Labute approximate surface area is 114 Å². The van der Waals surface area contributed by atoms with Gasteiger partial charge in [-0.25, -0.2) is 0 Å². The highest BCUT2D eigenvalue weighted by atomic mass is 35.5. The molecule has 0 aliphatic heterocycles. The monoisotopic (exact) mass is 271 g/mol. The van der Waals surface area contributed by atoms with Crippen LogP contribution in [0.15, 0.2) is 12.1 Å². The Morgan fingerprint density at radius 2 is 1.89 bits per heavy atom. The van der Waals surface area contributed by atoms with Crippen LogP contribution in [0.3, 0.4) is 0 Å². The van der Waals surface area contributed by atoms with Crippen LogP contribution >= 0.6 is 11.6 Å². The van der Waals surface area contributed by atoms with E-state index in [0.29, 0.717) is 10.8 Å². The second-order valence-electron chi connectivity index (χ2n) is 4.36. The maximum Gasteiger partial charge on any atom is 0.137 e. The smallest absolute Gasteiger partial charge is 0.137 e. The molecule has 0 aliphatic carbocycles. The van der Waals surface area contributed by atoms with Gasteiger partial charge in [0.1, 0.15) is 11.5 Å². The van der Waals surface area contributed by atoms with Crippen LogP contribution in [0.5, 0.6) is 11.5 Å². The third kappa shape index (κ3) is 4.07. The van der Waals surface area contributed by atoms with Gasteiger partial charge in [-0.1, -0.05) is 18.5 Å². The molecule has 0 bridgehead atoms. The van der Waals surface area contributed by atoms with Gasteiger partial charge in [0, 0.05) is 12.1 Å². The number of rotatable bonds is 7. The quantitative estimate of drug-likeness (QED) is 0.826. The van der Waals surface area contributed by atoms with Crippen molar-refractivity contribution in [2.75, 3.05) is 14.2 Å². The number of hydrogen-bond acceptors (Lipinski definition) is 3. The number of nitrogens with two attached hydrogens (primary N) is 1. The number of hydrogen-bond donors (Lipinski definition) is 1. The van der Waals surface area contributed by atoms with E-state index in [-0.39, 0.29) is 6.04 Å². The van der Waals surface area contributed by atoms with Gasteiger partial charge in [-0.15, -0.1) is 0 Å². The van der Waals surface area contributed by atoms with E-state index >= 15 is 0 Å². The maximum absolute atomic E-state index is 6.06. The molecule has 0 amide bonds. The average Bonchev–Trinajstić information content (AvgIpc) is 2.39. The van der Waals surface area contributed by atoms with Crippen molar-refractivity contribution in [2.24, 2.45) is 5.73 Å². The highest BCUT2D eigenvalue weighted by Gasteiger charge is 2.10. The van der Waals surface area contributed by atoms with E-state index in [1.54, 1.807) is 20.3 Å². The first-order valence-corrected chi connectivity index (χ1v) is 6.66. The summed E-state index contributed by atoms with van der Waals surface area (Å²) in [6.45, 7) is 2.11. The van der Waals surface area contributed by atoms with Crippen molar-refractivity contribution >= 4 is 11.6 Å². The molecule has 0 fully saturated rings. The summed E-state index contributed by atoms with van der Waals surface area (Å²) >= 11 is 6.06. The summed E-state index contributed by atoms with van der Waals surface area (Å²) in [5.74, 6) is 1.50. The maximum atomic E-state index is 6.06. The minimum Gasteiger partial charge on any atom is -0.496 e. The summed E-state index contributed by atoms with van der Waals surface area (Å²) < 4.78 is 10.6. The SMILES string of the molecule is CCC(N)CCCc1cc(OC)c(Cl)cc1OC. The third-order valence-corrected chi connectivity index (χ3v) is 3.40. The fourth-order valence-electron chi connectivity index (χ4n) is 1.88. The Hall–Kier alpha value is -0.930. The van der Waals surface area contributed by atoms with Crippen molar-refractivity contribution in [3.8, 4) is 11.5 Å². The Balaban J connectivity index is 2.74. The standard InChI is InChI=1S/C14H22ClNO2/c1-4-11(16)7-5-6-10-8-14(18-3)12(15)9-13(10)17-2/h8-9,11H,4-7,16H2,1-3H3. The zero-order valence-electron chi connectivity index (χ0n) is 11.3. The Morgan fingerprint density at radius 3 is 2.44 bits per heavy atom. The molecule has 1 atom stereocenters. The van der Waals surface area contributed by atoms with Crippen LogP contribution in [0.1, 0.15) is 31.7 Å².